The molecular formula is C14H11BrFNO. The van der Waals surface area contributed by atoms with Crippen LogP contribution < -0.4 is 5.32 Å². The summed E-state index contributed by atoms with van der Waals surface area (Å²) < 4.78 is 14.2. The predicted octanol–water partition coefficient (Wildman–Crippen LogP) is 4.15. The highest BCUT2D eigenvalue weighted by atomic mass is 79.9. The normalized spacial score (nSPS) is 10.2. The average Bonchev–Trinajstić information content (AvgIpc) is 2.35. The van der Waals surface area contributed by atoms with Gasteiger partial charge in [0.1, 0.15) is 5.82 Å². The second-order valence-electron chi connectivity index (χ2n) is 3.90. The Labute approximate surface area is 113 Å². The number of nitrogens with one attached hydrogen (secondary N) is 1. The van der Waals surface area contributed by atoms with E-state index in [-0.39, 0.29) is 11.7 Å². The smallest absolute Gasteiger partial charge is 0.255 e. The fourth-order valence-corrected chi connectivity index (χ4v) is 1.88. The molecule has 0 atom stereocenters. The van der Waals surface area contributed by atoms with Crippen molar-refractivity contribution in [1.29, 1.82) is 0 Å². The summed E-state index contributed by atoms with van der Waals surface area (Å²) in [5.41, 5.74) is 1.48. The standard InChI is InChI=1S/C14H11BrFNO/c1-9-6-7-10(8-12(9)16)14(18)17-13-5-3-2-4-11(13)15/h2-8H,1H3,(H,17,18). The van der Waals surface area contributed by atoms with E-state index < -0.39 is 0 Å². The number of carbonyl (C=O) groups excluding carboxylic acids is 1. The van der Waals surface area contributed by atoms with Gasteiger partial charge in [-0.05, 0) is 52.7 Å². The highest BCUT2D eigenvalue weighted by molar-refractivity contribution is 9.10. The molecule has 2 rings (SSSR count). The van der Waals surface area contributed by atoms with Crippen LogP contribution in [-0.2, 0) is 0 Å². The molecule has 4 heteroatoms. The molecule has 18 heavy (non-hydrogen) atoms. The predicted molar refractivity (Wildman–Crippen MR) is 73.2 cm³/mol. The van der Waals surface area contributed by atoms with Crippen molar-refractivity contribution in [2.24, 2.45) is 0 Å². The van der Waals surface area contributed by atoms with E-state index in [2.05, 4.69) is 21.2 Å². The number of para-hydroxylation sites is 1. The summed E-state index contributed by atoms with van der Waals surface area (Å²) in [6.45, 7) is 1.66. The van der Waals surface area contributed by atoms with Crippen LogP contribution in [0.2, 0.25) is 0 Å². The molecule has 1 amide bonds. The van der Waals surface area contributed by atoms with Crippen LogP contribution in [0.4, 0.5) is 10.1 Å². The average molecular weight is 308 g/mol. The SMILES string of the molecule is Cc1ccc(C(=O)Nc2ccccc2Br)cc1F. The maximum Gasteiger partial charge on any atom is 0.255 e. The third kappa shape index (κ3) is 2.76. The summed E-state index contributed by atoms with van der Waals surface area (Å²) in [7, 11) is 0. The van der Waals surface area contributed by atoms with E-state index in [1.54, 1.807) is 25.1 Å². The zero-order valence-electron chi connectivity index (χ0n) is 9.71. The molecule has 0 fully saturated rings. The Balaban J connectivity index is 2.22. The second-order valence-corrected chi connectivity index (χ2v) is 4.75. The van der Waals surface area contributed by atoms with Crippen LogP contribution >= 0.6 is 15.9 Å². The molecule has 0 aromatic heterocycles. The van der Waals surface area contributed by atoms with E-state index in [1.165, 1.54) is 6.07 Å². The first-order valence-electron chi connectivity index (χ1n) is 5.40. The molecule has 0 unspecified atom stereocenters. The Morgan fingerprint density at radius 2 is 1.94 bits per heavy atom. The van der Waals surface area contributed by atoms with Crippen molar-refractivity contribution in [3.05, 3.63) is 63.9 Å². The zero-order chi connectivity index (χ0) is 13.1. The van der Waals surface area contributed by atoms with Crippen molar-refractivity contribution in [3.63, 3.8) is 0 Å². The summed E-state index contributed by atoms with van der Waals surface area (Å²) >= 11 is 3.33. The van der Waals surface area contributed by atoms with Crippen LogP contribution in [0.5, 0.6) is 0 Å². The number of anilines is 1. The Hall–Kier alpha value is -1.68. The zero-order valence-corrected chi connectivity index (χ0v) is 11.3. The number of aryl methyl sites for hydroxylation is 1. The van der Waals surface area contributed by atoms with Gasteiger partial charge < -0.3 is 5.32 Å². The Morgan fingerprint density at radius 1 is 1.22 bits per heavy atom. The third-order valence-electron chi connectivity index (χ3n) is 2.56. The second kappa shape index (κ2) is 5.31. The van der Waals surface area contributed by atoms with E-state index in [4.69, 9.17) is 0 Å². The number of halogens is 2. The molecule has 2 aromatic rings. The van der Waals surface area contributed by atoms with Gasteiger partial charge in [-0.15, -0.1) is 0 Å². The molecule has 1 N–H and O–H groups in total. The van der Waals surface area contributed by atoms with Crippen LogP contribution in [0, 0.1) is 12.7 Å². The molecule has 0 heterocycles. The van der Waals surface area contributed by atoms with E-state index in [1.807, 2.05) is 18.2 Å². The van der Waals surface area contributed by atoms with Gasteiger partial charge in [-0.2, -0.15) is 0 Å². The van der Waals surface area contributed by atoms with Gasteiger partial charge in [0.2, 0.25) is 0 Å². The van der Waals surface area contributed by atoms with Crippen molar-refractivity contribution in [2.45, 2.75) is 6.92 Å². The Morgan fingerprint density at radius 3 is 2.61 bits per heavy atom. The minimum Gasteiger partial charge on any atom is -0.321 e. The summed E-state index contributed by atoms with van der Waals surface area (Å²) in [5, 5.41) is 2.72. The summed E-state index contributed by atoms with van der Waals surface area (Å²) in [6.07, 6.45) is 0. The van der Waals surface area contributed by atoms with Gasteiger partial charge in [0.15, 0.2) is 0 Å². The molecule has 0 radical (unpaired) electrons. The maximum atomic E-state index is 13.4. The monoisotopic (exact) mass is 307 g/mol. The molecule has 0 saturated carbocycles. The van der Waals surface area contributed by atoms with Crippen LogP contribution in [0.3, 0.4) is 0 Å². The molecule has 2 nitrogen and oxygen atoms in total. The first-order valence-corrected chi connectivity index (χ1v) is 6.19. The summed E-state index contributed by atoms with van der Waals surface area (Å²) in [6, 6.07) is 11.7. The number of hydrogen-bond donors (Lipinski definition) is 1. The van der Waals surface area contributed by atoms with E-state index >= 15 is 0 Å². The van der Waals surface area contributed by atoms with Crippen LogP contribution in [-0.4, -0.2) is 5.91 Å². The van der Waals surface area contributed by atoms with E-state index in [0.717, 1.165) is 4.47 Å². The largest absolute Gasteiger partial charge is 0.321 e. The maximum absolute atomic E-state index is 13.4. The Kier molecular flexibility index (Phi) is 3.77. The van der Waals surface area contributed by atoms with Gasteiger partial charge in [0, 0.05) is 10.0 Å². The first-order chi connectivity index (χ1) is 8.58. The number of rotatable bonds is 2. The minimum atomic E-state index is -0.380. The molecule has 0 aliphatic heterocycles. The van der Waals surface area contributed by atoms with Crippen LogP contribution in [0.1, 0.15) is 15.9 Å². The molecule has 2 aromatic carbocycles. The topological polar surface area (TPSA) is 29.1 Å². The van der Waals surface area contributed by atoms with E-state index in [0.29, 0.717) is 16.8 Å². The van der Waals surface area contributed by atoms with Gasteiger partial charge in [-0.3, -0.25) is 4.79 Å². The minimum absolute atomic E-state index is 0.300. The molecule has 92 valence electrons. The fraction of sp³-hybridized carbons (Fsp3) is 0.0714. The lowest BCUT2D eigenvalue weighted by molar-refractivity contribution is 0.102. The highest BCUT2D eigenvalue weighted by Gasteiger charge is 2.09. The lowest BCUT2D eigenvalue weighted by Crippen LogP contribution is -2.12. The Bertz CT molecular complexity index is 598. The fourth-order valence-electron chi connectivity index (χ4n) is 1.49. The van der Waals surface area contributed by atoms with Crippen LogP contribution in [0.15, 0.2) is 46.9 Å². The molecule has 0 bridgehead atoms. The molecule has 0 spiro atoms. The molecule has 0 saturated heterocycles. The lowest BCUT2D eigenvalue weighted by atomic mass is 10.1. The quantitative estimate of drug-likeness (QED) is 0.887. The van der Waals surface area contributed by atoms with Gasteiger partial charge >= 0.3 is 0 Å². The highest BCUT2D eigenvalue weighted by Crippen LogP contribution is 2.22. The van der Waals surface area contributed by atoms with Crippen molar-refractivity contribution in [2.75, 3.05) is 5.32 Å². The molecular weight excluding hydrogens is 297 g/mol. The van der Waals surface area contributed by atoms with Crippen LogP contribution in [0.25, 0.3) is 0 Å². The van der Waals surface area contributed by atoms with Gasteiger partial charge in [0.05, 0.1) is 5.69 Å². The van der Waals surface area contributed by atoms with Gasteiger partial charge in [0.25, 0.3) is 5.91 Å². The molecule has 0 aliphatic carbocycles. The molecule has 0 aliphatic rings. The summed E-state index contributed by atoms with van der Waals surface area (Å²) in [4.78, 5) is 11.9. The van der Waals surface area contributed by atoms with Gasteiger partial charge in [-0.1, -0.05) is 18.2 Å². The number of hydrogen-bond acceptors (Lipinski definition) is 1. The third-order valence-corrected chi connectivity index (χ3v) is 3.25. The van der Waals surface area contributed by atoms with Crippen molar-refractivity contribution >= 4 is 27.5 Å². The van der Waals surface area contributed by atoms with Crippen molar-refractivity contribution < 1.29 is 9.18 Å². The van der Waals surface area contributed by atoms with Gasteiger partial charge in [-0.25, -0.2) is 4.39 Å². The lowest BCUT2D eigenvalue weighted by Gasteiger charge is -2.07. The van der Waals surface area contributed by atoms with Crippen molar-refractivity contribution in [3.8, 4) is 0 Å². The van der Waals surface area contributed by atoms with E-state index in [9.17, 15) is 9.18 Å². The number of amides is 1. The first kappa shape index (κ1) is 12.8. The van der Waals surface area contributed by atoms with Crippen molar-refractivity contribution in [1.82, 2.24) is 0 Å². The number of carbonyl (C=O) groups is 1. The summed E-state index contributed by atoms with van der Waals surface area (Å²) in [5.74, 6) is -0.712. The number of benzene rings is 2.